The lowest BCUT2D eigenvalue weighted by Crippen LogP contribution is -2.47. The lowest BCUT2D eigenvalue weighted by Gasteiger charge is -2.23. The van der Waals surface area contributed by atoms with E-state index in [0.29, 0.717) is 13.0 Å². The van der Waals surface area contributed by atoms with Crippen molar-refractivity contribution in [1.29, 1.82) is 0 Å². The minimum Gasteiger partial charge on any atom is -0.370 e. The number of aliphatic imine (C=N–C) groups is 1. The van der Waals surface area contributed by atoms with Crippen LogP contribution in [0.3, 0.4) is 0 Å². The highest BCUT2D eigenvalue weighted by Gasteiger charge is 2.29. The molecule has 0 amide bonds. The van der Waals surface area contributed by atoms with E-state index in [4.69, 9.17) is 5.73 Å². The number of hydrogen-bond acceptors (Lipinski definition) is 3. The lowest BCUT2D eigenvalue weighted by molar-refractivity contribution is 0.432. The predicted octanol–water partition coefficient (Wildman–Crippen LogP) is 7.38. The van der Waals surface area contributed by atoms with Crippen molar-refractivity contribution in [2.24, 2.45) is 10.7 Å². The van der Waals surface area contributed by atoms with Crippen LogP contribution in [0, 0.1) is 0 Å². The Morgan fingerprint density at radius 3 is 1.53 bits per heavy atom. The second-order valence-electron chi connectivity index (χ2n) is 10.1. The van der Waals surface area contributed by atoms with E-state index in [1.807, 2.05) is 0 Å². The topological polar surface area (TPSA) is 105 Å². The van der Waals surface area contributed by atoms with Crippen LogP contribution in [0.2, 0.25) is 0 Å². The molecule has 0 heterocycles. The van der Waals surface area contributed by atoms with Crippen molar-refractivity contribution in [3.63, 3.8) is 0 Å². The first-order valence-electron chi connectivity index (χ1n) is 14.4. The molecule has 0 spiro atoms. The highest BCUT2D eigenvalue weighted by Crippen LogP contribution is 2.17. The second kappa shape index (κ2) is 22.6. The average Bonchev–Trinajstić information content (AvgIpc) is 2.77. The summed E-state index contributed by atoms with van der Waals surface area (Å²) in [6, 6.07) is -0.472. The van der Waals surface area contributed by atoms with E-state index in [2.05, 4.69) is 24.2 Å². The summed E-state index contributed by atoms with van der Waals surface area (Å²) >= 11 is 0. The molecule has 0 saturated heterocycles. The molecule has 0 aromatic rings. The van der Waals surface area contributed by atoms with E-state index in [0.717, 1.165) is 32.1 Å². The largest absolute Gasteiger partial charge is 0.370 e. The van der Waals surface area contributed by atoms with Gasteiger partial charge in [-0.3, -0.25) is 9.55 Å². The maximum atomic E-state index is 11.9. The minimum absolute atomic E-state index is 0.268. The molecule has 0 aliphatic heterocycles. The Balaban J connectivity index is 4.04. The fraction of sp³-hybridized carbons (Fsp3) is 0.963. The maximum Gasteiger partial charge on any atom is 0.269 e. The van der Waals surface area contributed by atoms with Crippen molar-refractivity contribution in [2.45, 2.75) is 160 Å². The van der Waals surface area contributed by atoms with Crippen molar-refractivity contribution in [3.05, 3.63) is 0 Å². The first-order valence-corrected chi connectivity index (χ1v) is 15.9. The molecule has 34 heavy (non-hydrogen) atoms. The first-order chi connectivity index (χ1) is 16.3. The van der Waals surface area contributed by atoms with Crippen LogP contribution in [0.1, 0.15) is 149 Å². The minimum atomic E-state index is -4.14. The van der Waals surface area contributed by atoms with Crippen LogP contribution in [-0.4, -0.2) is 36.8 Å². The Labute approximate surface area is 212 Å². The summed E-state index contributed by atoms with van der Waals surface area (Å²) in [5, 5.41) is 2.13. The maximum absolute atomic E-state index is 11.9. The number of hydrogen-bond donors (Lipinski definition) is 3. The van der Waals surface area contributed by atoms with Crippen molar-refractivity contribution >= 4 is 16.1 Å². The molecule has 7 heteroatoms. The molecule has 0 aliphatic rings. The summed E-state index contributed by atoms with van der Waals surface area (Å²) in [6.45, 7) is 6.88. The van der Waals surface area contributed by atoms with Crippen LogP contribution >= 0.6 is 0 Å². The van der Waals surface area contributed by atoms with Crippen molar-refractivity contribution in [1.82, 2.24) is 5.32 Å². The van der Waals surface area contributed by atoms with Gasteiger partial charge in [-0.15, -0.1) is 0 Å². The summed E-state index contributed by atoms with van der Waals surface area (Å²) in [5.41, 5.74) is 5.98. The Morgan fingerprint density at radius 2 is 1.12 bits per heavy atom. The van der Waals surface area contributed by atoms with E-state index in [-0.39, 0.29) is 5.96 Å². The monoisotopic (exact) mass is 503 g/mol. The quantitative estimate of drug-likeness (QED) is 0.0551. The normalized spacial score (nSPS) is 14.3. The van der Waals surface area contributed by atoms with Crippen LogP contribution in [0.15, 0.2) is 4.99 Å². The summed E-state index contributed by atoms with van der Waals surface area (Å²) in [7, 11) is -4.14. The standard InChI is InChI=1S/C27H57N3O3S/c1-4-6-8-10-12-14-16-18-20-22-24-29-27(28)30-25(3)26(34(31,32)33)23-21-19-17-15-13-11-9-7-5-2/h25-26H,4-24H2,1-3H3,(H3,28,29,30)(H,31,32,33). The average molecular weight is 504 g/mol. The lowest BCUT2D eigenvalue weighted by atomic mass is 10.0. The zero-order valence-corrected chi connectivity index (χ0v) is 23.5. The van der Waals surface area contributed by atoms with Crippen LogP contribution in [0.25, 0.3) is 0 Å². The van der Waals surface area contributed by atoms with E-state index < -0.39 is 21.4 Å². The zero-order chi connectivity index (χ0) is 25.5. The van der Waals surface area contributed by atoms with E-state index in [1.165, 1.54) is 89.9 Å². The highest BCUT2D eigenvalue weighted by atomic mass is 32.2. The number of nitrogens with zero attached hydrogens (tertiary/aromatic N) is 1. The number of unbranched alkanes of at least 4 members (excludes halogenated alkanes) is 17. The van der Waals surface area contributed by atoms with Gasteiger partial charge in [-0.2, -0.15) is 8.42 Å². The van der Waals surface area contributed by atoms with Gasteiger partial charge in [-0.1, -0.05) is 129 Å². The molecular weight excluding hydrogens is 446 g/mol. The summed E-state index contributed by atoms with van der Waals surface area (Å²) in [6.07, 6.45) is 23.7. The van der Waals surface area contributed by atoms with Crippen molar-refractivity contribution in [2.75, 3.05) is 6.54 Å². The van der Waals surface area contributed by atoms with Gasteiger partial charge in [0.25, 0.3) is 10.1 Å². The smallest absolute Gasteiger partial charge is 0.269 e. The van der Waals surface area contributed by atoms with Gasteiger partial charge in [0, 0.05) is 12.6 Å². The number of nitrogens with one attached hydrogen (secondary N) is 1. The molecule has 204 valence electrons. The number of rotatable bonds is 24. The second-order valence-corrected chi connectivity index (χ2v) is 11.7. The van der Waals surface area contributed by atoms with Gasteiger partial charge < -0.3 is 11.1 Å². The van der Waals surface area contributed by atoms with Gasteiger partial charge in [-0.25, -0.2) is 0 Å². The van der Waals surface area contributed by atoms with Crippen molar-refractivity contribution in [3.8, 4) is 0 Å². The molecule has 2 atom stereocenters. The third kappa shape index (κ3) is 20.5. The molecular formula is C27H57N3O3S. The van der Waals surface area contributed by atoms with Gasteiger partial charge in [0.2, 0.25) is 0 Å². The molecule has 0 aromatic heterocycles. The Bertz CT molecular complexity index is 582. The Morgan fingerprint density at radius 1 is 0.735 bits per heavy atom. The van der Waals surface area contributed by atoms with Gasteiger partial charge in [0.1, 0.15) is 5.25 Å². The van der Waals surface area contributed by atoms with Crippen LogP contribution in [-0.2, 0) is 10.1 Å². The van der Waals surface area contributed by atoms with Gasteiger partial charge in [0.05, 0.1) is 0 Å². The molecule has 0 saturated carbocycles. The fourth-order valence-corrected chi connectivity index (χ4v) is 5.53. The molecule has 4 N–H and O–H groups in total. The molecule has 0 radical (unpaired) electrons. The molecule has 0 aliphatic carbocycles. The van der Waals surface area contributed by atoms with E-state index in [1.54, 1.807) is 6.92 Å². The van der Waals surface area contributed by atoms with Gasteiger partial charge in [-0.05, 0) is 19.8 Å². The summed E-state index contributed by atoms with van der Waals surface area (Å²) < 4.78 is 33.5. The van der Waals surface area contributed by atoms with Crippen LogP contribution in [0.5, 0.6) is 0 Å². The number of guanidine groups is 1. The SMILES string of the molecule is CCCCCCCCCCCCN=C(N)NC(C)C(CCCCCCCCCCC)S(=O)(=O)O. The van der Waals surface area contributed by atoms with Crippen molar-refractivity contribution < 1.29 is 13.0 Å². The van der Waals surface area contributed by atoms with Gasteiger partial charge in [0.15, 0.2) is 5.96 Å². The third-order valence-electron chi connectivity index (χ3n) is 6.70. The van der Waals surface area contributed by atoms with Crippen LogP contribution in [0.4, 0.5) is 0 Å². The highest BCUT2D eigenvalue weighted by molar-refractivity contribution is 7.86. The molecule has 0 rings (SSSR count). The third-order valence-corrected chi connectivity index (χ3v) is 8.11. The molecule has 0 fully saturated rings. The molecule has 0 bridgehead atoms. The van der Waals surface area contributed by atoms with Crippen LogP contribution < -0.4 is 11.1 Å². The Hall–Kier alpha value is -0.820. The summed E-state index contributed by atoms with van der Waals surface area (Å²) in [5.74, 6) is 0.268. The zero-order valence-electron chi connectivity index (χ0n) is 22.7. The van der Waals surface area contributed by atoms with E-state index in [9.17, 15) is 13.0 Å². The van der Waals surface area contributed by atoms with Gasteiger partial charge >= 0.3 is 0 Å². The summed E-state index contributed by atoms with van der Waals surface area (Å²) in [4.78, 5) is 4.35. The molecule has 6 nitrogen and oxygen atoms in total. The molecule has 2 unspecified atom stereocenters. The molecule has 0 aromatic carbocycles. The Kier molecular flexibility index (Phi) is 22.1. The first kappa shape index (κ1) is 33.2. The fourth-order valence-electron chi connectivity index (χ4n) is 4.48. The van der Waals surface area contributed by atoms with E-state index >= 15 is 0 Å². The number of nitrogens with two attached hydrogens (primary N) is 1. The predicted molar refractivity (Wildman–Crippen MR) is 148 cm³/mol.